The summed E-state index contributed by atoms with van der Waals surface area (Å²) in [7, 11) is 0. The zero-order chi connectivity index (χ0) is 15.8. The van der Waals surface area contributed by atoms with E-state index >= 15 is 0 Å². The molecule has 118 valence electrons. The van der Waals surface area contributed by atoms with Gasteiger partial charge in [-0.15, -0.1) is 0 Å². The molecule has 2 aromatic rings. The molecule has 3 aliphatic carbocycles. The quantitative estimate of drug-likeness (QED) is 0.588. The fourth-order valence-corrected chi connectivity index (χ4v) is 5.64. The summed E-state index contributed by atoms with van der Waals surface area (Å²) in [5.41, 5.74) is 6.11. The van der Waals surface area contributed by atoms with Gasteiger partial charge in [0.25, 0.3) is 0 Å². The third-order valence-corrected chi connectivity index (χ3v) is 6.53. The molecule has 0 aromatic heterocycles. The van der Waals surface area contributed by atoms with E-state index < -0.39 is 0 Å². The first kappa shape index (κ1) is 12.9. The Labute approximate surface area is 141 Å². The van der Waals surface area contributed by atoms with Gasteiger partial charge >= 0.3 is 0 Å². The number of fused-ring (bicyclic) bond motifs is 8. The zero-order valence-electron chi connectivity index (χ0n) is 13.4. The van der Waals surface area contributed by atoms with Gasteiger partial charge in [-0.2, -0.15) is 0 Å². The molecule has 24 heavy (non-hydrogen) atoms. The molecule has 1 aliphatic heterocycles. The van der Waals surface area contributed by atoms with Crippen LogP contribution in [-0.4, -0.2) is 22.3 Å². The molecule has 2 bridgehead atoms. The monoisotopic (exact) mass is 314 g/mol. The van der Waals surface area contributed by atoms with Gasteiger partial charge in [0.05, 0.1) is 17.0 Å². The number of rotatable bonds is 0. The van der Waals surface area contributed by atoms with E-state index in [4.69, 9.17) is 0 Å². The van der Waals surface area contributed by atoms with Crippen LogP contribution in [0.2, 0.25) is 0 Å². The Kier molecular flexibility index (Phi) is 2.35. The van der Waals surface area contributed by atoms with Crippen LogP contribution in [0.5, 0.6) is 0 Å². The highest BCUT2D eigenvalue weighted by molar-refractivity contribution is 6.22. The SMILES string of the molecule is [O-]C1=N[N+](=C2c3ccccc3-c3ccccc32)[C@@H]2[C@H]3CC[C@H](C3)[C@H]12. The van der Waals surface area contributed by atoms with E-state index in [1.807, 2.05) is 0 Å². The Morgan fingerprint density at radius 1 is 0.833 bits per heavy atom. The molecule has 3 nitrogen and oxygen atoms in total. The molecule has 0 spiro atoms. The Morgan fingerprint density at radius 3 is 2.08 bits per heavy atom. The third kappa shape index (κ3) is 1.44. The first-order valence-corrected chi connectivity index (χ1v) is 8.94. The van der Waals surface area contributed by atoms with Crippen molar-refractivity contribution in [2.75, 3.05) is 0 Å². The predicted octanol–water partition coefficient (Wildman–Crippen LogP) is 2.62. The van der Waals surface area contributed by atoms with E-state index in [-0.39, 0.29) is 17.9 Å². The van der Waals surface area contributed by atoms with E-state index in [0.717, 1.165) is 5.71 Å². The molecule has 4 atom stereocenters. The highest BCUT2D eigenvalue weighted by atomic mass is 16.3. The lowest BCUT2D eigenvalue weighted by molar-refractivity contribution is -0.572. The second-order valence-corrected chi connectivity index (χ2v) is 7.57. The molecule has 4 aliphatic rings. The normalized spacial score (nSPS) is 31.9. The lowest BCUT2D eigenvalue weighted by Crippen LogP contribution is -2.39. The zero-order valence-corrected chi connectivity index (χ0v) is 13.4. The Bertz CT molecular complexity index is 895. The van der Waals surface area contributed by atoms with Crippen molar-refractivity contribution in [3.63, 3.8) is 0 Å². The molecule has 3 heteroatoms. The number of hydrogen-bond acceptors (Lipinski definition) is 2. The van der Waals surface area contributed by atoms with Gasteiger partial charge in [0.1, 0.15) is 0 Å². The van der Waals surface area contributed by atoms with Crippen molar-refractivity contribution in [3.05, 3.63) is 59.7 Å². The standard InChI is InChI=1S/C21H18N2O/c24-21-18-12-9-10-13(11-12)19(18)23(22-21)20-16-7-3-1-5-14(16)15-6-2-4-8-17(15)20/h1-8,12-13,18-19H,9-11H2/t12-,13+,18+,19-/m1/s1. The van der Waals surface area contributed by atoms with Crippen molar-refractivity contribution in [1.82, 2.24) is 0 Å². The van der Waals surface area contributed by atoms with Crippen molar-refractivity contribution < 1.29 is 9.79 Å². The maximum absolute atomic E-state index is 12.6. The summed E-state index contributed by atoms with van der Waals surface area (Å²) in [4.78, 5) is 0. The van der Waals surface area contributed by atoms with Gasteiger partial charge in [0.2, 0.25) is 5.71 Å². The highest BCUT2D eigenvalue weighted by Gasteiger charge is 2.58. The van der Waals surface area contributed by atoms with E-state index in [2.05, 4.69) is 58.3 Å². The maximum Gasteiger partial charge on any atom is 0.247 e. The minimum absolute atomic E-state index is 0.113. The van der Waals surface area contributed by atoms with E-state index in [1.165, 1.54) is 41.5 Å². The smallest absolute Gasteiger partial charge is 0.247 e. The van der Waals surface area contributed by atoms with Crippen LogP contribution in [0.3, 0.4) is 0 Å². The lowest BCUT2D eigenvalue weighted by Gasteiger charge is -2.22. The topological polar surface area (TPSA) is 38.4 Å². The summed E-state index contributed by atoms with van der Waals surface area (Å²) in [6, 6.07) is 17.3. The van der Waals surface area contributed by atoms with Crippen LogP contribution in [0.15, 0.2) is 53.6 Å². The summed E-state index contributed by atoms with van der Waals surface area (Å²) in [5, 5.41) is 17.2. The van der Waals surface area contributed by atoms with Gasteiger partial charge in [0.15, 0.2) is 6.04 Å². The van der Waals surface area contributed by atoms with Gasteiger partial charge in [-0.3, -0.25) is 0 Å². The first-order valence-electron chi connectivity index (χ1n) is 8.94. The van der Waals surface area contributed by atoms with E-state index in [1.54, 1.807) is 0 Å². The Balaban J connectivity index is 1.66. The van der Waals surface area contributed by atoms with Crippen molar-refractivity contribution >= 4 is 11.6 Å². The number of nitrogens with zero attached hydrogens (tertiary/aromatic N) is 2. The summed E-state index contributed by atoms with van der Waals surface area (Å²) in [6.45, 7) is 0. The van der Waals surface area contributed by atoms with Gasteiger partial charge in [-0.1, -0.05) is 41.1 Å². The Morgan fingerprint density at radius 2 is 1.42 bits per heavy atom. The molecule has 2 fully saturated rings. The molecule has 0 N–H and O–H groups in total. The van der Waals surface area contributed by atoms with Gasteiger partial charge in [-0.05, 0) is 53.5 Å². The summed E-state index contributed by atoms with van der Waals surface area (Å²) < 4.78 is 2.11. The largest absolute Gasteiger partial charge is 0.857 e. The van der Waals surface area contributed by atoms with Gasteiger partial charge in [0, 0.05) is 11.8 Å². The van der Waals surface area contributed by atoms with Crippen LogP contribution in [0.4, 0.5) is 0 Å². The fraction of sp³-hybridized carbons (Fsp3) is 0.333. The predicted molar refractivity (Wildman–Crippen MR) is 90.9 cm³/mol. The summed E-state index contributed by atoms with van der Waals surface area (Å²) in [5.74, 6) is 1.44. The van der Waals surface area contributed by atoms with Crippen molar-refractivity contribution in [1.29, 1.82) is 0 Å². The van der Waals surface area contributed by atoms with Crippen molar-refractivity contribution in [2.24, 2.45) is 22.9 Å². The minimum atomic E-state index is 0.113. The van der Waals surface area contributed by atoms with Crippen LogP contribution < -0.4 is 5.11 Å². The summed E-state index contributed by atoms with van der Waals surface area (Å²) in [6.07, 6.45) is 3.68. The Hall–Kier alpha value is -2.42. The number of hydrazone groups is 1. The average molecular weight is 314 g/mol. The van der Waals surface area contributed by atoms with Crippen LogP contribution in [0.25, 0.3) is 11.1 Å². The van der Waals surface area contributed by atoms with Crippen LogP contribution in [-0.2, 0) is 0 Å². The molecule has 1 heterocycles. The molecule has 0 unspecified atom stereocenters. The second-order valence-electron chi connectivity index (χ2n) is 7.57. The van der Waals surface area contributed by atoms with E-state index in [9.17, 15) is 5.11 Å². The fourth-order valence-electron chi connectivity index (χ4n) is 5.64. The lowest BCUT2D eigenvalue weighted by atomic mass is 9.85. The average Bonchev–Trinajstić information content (AvgIpc) is 3.35. The van der Waals surface area contributed by atoms with Gasteiger partial charge < -0.3 is 5.11 Å². The molecule has 0 amide bonds. The number of benzene rings is 2. The van der Waals surface area contributed by atoms with Crippen LogP contribution >= 0.6 is 0 Å². The van der Waals surface area contributed by atoms with Crippen molar-refractivity contribution in [2.45, 2.75) is 25.3 Å². The summed E-state index contributed by atoms with van der Waals surface area (Å²) >= 11 is 0. The number of hydrogen-bond donors (Lipinski definition) is 0. The molecule has 0 saturated heterocycles. The molecule has 2 aromatic carbocycles. The second kappa shape index (κ2) is 4.35. The molecular formula is C21H18N2O. The molecule has 6 rings (SSSR count). The van der Waals surface area contributed by atoms with Crippen LogP contribution in [0, 0.1) is 17.8 Å². The maximum atomic E-state index is 12.6. The van der Waals surface area contributed by atoms with Crippen molar-refractivity contribution in [3.8, 4) is 11.1 Å². The van der Waals surface area contributed by atoms with Crippen LogP contribution in [0.1, 0.15) is 30.4 Å². The third-order valence-electron chi connectivity index (χ3n) is 6.53. The van der Waals surface area contributed by atoms with E-state index in [0.29, 0.717) is 11.8 Å². The molecule has 2 saturated carbocycles. The highest BCUT2D eigenvalue weighted by Crippen LogP contribution is 2.52. The molecule has 0 radical (unpaired) electrons. The van der Waals surface area contributed by atoms with Gasteiger partial charge in [-0.25, -0.2) is 0 Å². The first-order chi connectivity index (χ1) is 11.8. The minimum Gasteiger partial charge on any atom is -0.857 e. The molecular weight excluding hydrogens is 296 g/mol.